The maximum absolute atomic E-state index is 12.0. The number of hydrogen-bond donors (Lipinski definition) is 0. The van der Waals surface area contributed by atoms with Crippen LogP contribution >= 0.6 is 0 Å². The third kappa shape index (κ3) is 5.83. The van der Waals surface area contributed by atoms with Crippen molar-refractivity contribution in [2.45, 2.75) is 136 Å². The molecule has 0 N–H and O–H groups in total. The van der Waals surface area contributed by atoms with Crippen LogP contribution < -0.4 is 0 Å². The van der Waals surface area contributed by atoms with Crippen molar-refractivity contribution in [2.75, 3.05) is 7.11 Å². The van der Waals surface area contributed by atoms with Crippen LogP contribution in [0.25, 0.3) is 0 Å². The highest BCUT2D eigenvalue weighted by molar-refractivity contribution is 6.70. The van der Waals surface area contributed by atoms with E-state index in [1.165, 1.54) is 58.5 Å². The molecule has 0 bridgehead atoms. The predicted octanol–water partition coefficient (Wildman–Crippen LogP) is 8.28. The van der Waals surface area contributed by atoms with Crippen LogP contribution in [0.1, 0.15) is 85.0 Å². The van der Waals surface area contributed by atoms with E-state index >= 15 is 0 Å². The lowest BCUT2D eigenvalue weighted by molar-refractivity contribution is -0.193. The molecule has 10 atom stereocenters. The Balaban J connectivity index is 1.74. The molecule has 0 spiro atoms. The molecule has 214 valence electrons. The van der Waals surface area contributed by atoms with Crippen LogP contribution in [-0.4, -0.2) is 41.9 Å². The van der Waals surface area contributed by atoms with Crippen molar-refractivity contribution >= 4 is 22.6 Å². The van der Waals surface area contributed by atoms with Gasteiger partial charge in [0.1, 0.15) is 0 Å². The maximum atomic E-state index is 12.0. The molecule has 0 saturated heterocycles. The van der Waals surface area contributed by atoms with Gasteiger partial charge in [-0.2, -0.15) is 0 Å². The Bertz CT molecular complexity index is 819. The predicted molar refractivity (Wildman–Crippen MR) is 157 cm³/mol. The number of esters is 1. The summed E-state index contributed by atoms with van der Waals surface area (Å²) in [5.41, 5.74) is 0.578. The fourth-order valence-corrected chi connectivity index (χ4v) is 12.3. The molecule has 0 aromatic carbocycles. The third-order valence-corrected chi connectivity index (χ3v) is 13.4. The van der Waals surface area contributed by atoms with Gasteiger partial charge in [-0.05, 0) is 131 Å². The number of fused-ring (bicyclic) bond motifs is 5. The van der Waals surface area contributed by atoms with Gasteiger partial charge in [0.15, 0.2) is 16.6 Å². The van der Waals surface area contributed by atoms with Crippen LogP contribution in [0.4, 0.5) is 0 Å². The summed E-state index contributed by atoms with van der Waals surface area (Å²) >= 11 is 0. The smallest absolute Gasteiger partial charge is 0.305 e. The van der Waals surface area contributed by atoms with E-state index in [1.54, 1.807) is 0 Å². The van der Waals surface area contributed by atoms with Gasteiger partial charge in [-0.25, -0.2) is 0 Å². The highest BCUT2D eigenvalue weighted by Crippen LogP contribution is 2.69. The highest BCUT2D eigenvalue weighted by atomic mass is 28.4. The lowest BCUT2D eigenvalue weighted by Gasteiger charge is -2.65. The zero-order valence-electron chi connectivity index (χ0n) is 25.8. The number of rotatable bonds is 8. The third-order valence-electron chi connectivity index (χ3n) is 11.4. The molecule has 0 aliphatic heterocycles. The van der Waals surface area contributed by atoms with Crippen molar-refractivity contribution in [3.05, 3.63) is 0 Å². The van der Waals surface area contributed by atoms with Gasteiger partial charge < -0.3 is 13.6 Å². The molecule has 0 amide bonds. The second-order valence-electron chi connectivity index (χ2n) is 15.8. The first-order valence-electron chi connectivity index (χ1n) is 15.5. The number of ether oxygens (including phenoxy) is 1. The monoisotopic (exact) mass is 550 g/mol. The van der Waals surface area contributed by atoms with Gasteiger partial charge in [0, 0.05) is 12.5 Å². The van der Waals surface area contributed by atoms with Crippen LogP contribution in [-0.2, 0) is 18.4 Å². The first kappa shape index (κ1) is 29.8. The molecule has 4 aliphatic rings. The summed E-state index contributed by atoms with van der Waals surface area (Å²) < 4.78 is 19.4. The van der Waals surface area contributed by atoms with E-state index in [0.717, 1.165) is 12.3 Å². The summed E-state index contributed by atoms with van der Waals surface area (Å²) in [6.07, 6.45) is 12.8. The topological polar surface area (TPSA) is 44.8 Å². The molecular formula is C31H58O4Si2. The molecule has 0 aromatic rings. The van der Waals surface area contributed by atoms with Crippen molar-refractivity contribution in [3.8, 4) is 0 Å². The lowest BCUT2D eigenvalue weighted by atomic mass is 9.43. The zero-order valence-corrected chi connectivity index (χ0v) is 27.8. The molecule has 4 fully saturated rings. The van der Waals surface area contributed by atoms with Gasteiger partial charge in [0.2, 0.25) is 0 Å². The largest absolute Gasteiger partial charge is 0.469 e. The number of carbonyl (C=O) groups is 1. The van der Waals surface area contributed by atoms with Gasteiger partial charge in [-0.1, -0.05) is 33.6 Å². The van der Waals surface area contributed by atoms with Gasteiger partial charge in [0.05, 0.1) is 13.2 Å². The fraction of sp³-hybridized carbons (Fsp3) is 0.968. The van der Waals surface area contributed by atoms with Gasteiger partial charge in [-0.3, -0.25) is 4.79 Å². The highest BCUT2D eigenvalue weighted by Gasteiger charge is 2.66. The molecule has 6 heteroatoms. The minimum absolute atomic E-state index is 0.0719. The van der Waals surface area contributed by atoms with E-state index in [-0.39, 0.29) is 11.4 Å². The number of methoxy groups -OCH3 is 1. The summed E-state index contributed by atoms with van der Waals surface area (Å²) in [5.74, 6) is 3.82. The van der Waals surface area contributed by atoms with Crippen LogP contribution in [0.2, 0.25) is 39.3 Å². The van der Waals surface area contributed by atoms with Crippen LogP contribution in [0.5, 0.6) is 0 Å². The summed E-state index contributed by atoms with van der Waals surface area (Å²) in [7, 11) is -1.89. The molecular weight excluding hydrogens is 493 g/mol. The Hall–Kier alpha value is -0.176. The Kier molecular flexibility index (Phi) is 8.59. The second kappa shape index (κ2) is 10.7. The first-order chi connectivity index (χ1) is 17.1. The van der Waals surface area contributed by atoms with Crippen molar-refractivity contribution in [1.29, 1.82) is 0 Å². The van der Waals surface area contributed by atoms with Crippen molar-refractivity contribution in [1.82, 2.24) is 0 Å². The van der Waals surface area contributed by atoms with E-state index in [4.69, 9.17) is 13.6 Å². The average Bonchev–Trinajstić information content (AvgIpc) is 3.14. The van der Waals surface area contributed by atoms with E-state index in [9.17, 15) is 4.79 Å². The Labute approximate surface area is 230 Å². The molecule has 4 saturated carbocycles. The fourth-order valence-electron chi connectivity index (χ4n) is 9.96. The van der Waals surface area contributed by atoms with Crippen molar-refractivity contribution < 1.29 is 18.4 Å². The Morgan fingerprint density at radius 2 is 1.59 bits per heavy atom. The van der Waals surface area contributed by atoms with Gasteiger partial charge in [0.25, 0.3) is 0 Å². The van der Waals surface area contributed by atoms with Crippen LogP contribution in [0.15, 0.2) is 0 Å². The molecule has 0 aromatic heterocycles. The van der Waals surface area contributed by atoms with E-state index in [1.807, 2.05) is 0 Å². The Morgan fingerprint density at radius 3 is 2.22 bits per heavy atom. The lowest BCUT2D eigenvalue weighted by Crippen LogP contribution is -2.64. The van der Waals surface area contributed by atoms with Gasteiger partial charge in [-0.15, -0.1) is 0 Å². The second-order valence-corrected chi connectivity index (χ2v) is 24.8. The van der Waals surface area contributed by atoms with Gasteiger partial charge >= 0.3 is 5.97 Å². The van der Waals surface area contributed by atoms with Crippen molar-refractivity contribution in [2.24, 2.45) is 46.3 Å². The molecule has 0 radical (unpaired) electrons. The summed E-state index contributed by atoms with van der Waals surface area (Å²) in [6, 6.07) is 0. The first-order valence-corrected chi connectivity index (χ1v) is 22.3. The van der Waals surface area contributed by atoms with Crippen molar-refractivity contribution in [3.63, 3.8) is 0 Å². The van der Waals surface area contributed by atoms with E-state index in [0.29, 0.717) is 53.6 Å². The maximum Gasteiger partial charge on any atom is 0.305 e. The standard InChI is InChI=1S/C31H58O4Si2/c1-21(14-17-28(32)33-4)23-15-16-24-29-25(20-27(31(23,24)3)35-37(8,9)10)30(2)18-12-11-13-22(30)19-26(29)34-36(5,6)7/h21-27,29H,11-20H2,1-10H3/t21-,22-,23-,24+,25+,26+,27+,29+,30+,31-/m1/s1. The molecule has 4 nitrogen and oxygen atoms in total. The quantitative estimate of drug-likeness (QED) is 0.225. The SMILES string of the molecule is COC(=O)CC[C@@H](C)[C@H]1CC[C@H]2[C@@H]3[C@@H](O[Si](C)(C)C)C[C@H]4CCCC[C@]4(C)[C@H]3C[C@H](O[Si](C)(C)C)[C@]12C. The minimum Gasteiger partial charge on any atom is -0.469 e. The normalized spacial score (nSPS) is 42.9. The Morgan fingerprint density at radius 1 is 0.919 bits per heavy atom. The minimum atomic E-state index is -1.74. The molecule has 4 aliphatic carbocycles. The average molecular weight is 551 g/mol. The van der Waals surface area contributed by atoms with E-state index < -0.39 is 16.6 Å². The van der Waals surface area contributed by atoms with Crippen LogP contribution in [0.3, 0.4) is 0 Å². The number of carbonyl (C=O) groups excluding carboxylic acids is 1. The molecule has 4 rings (SSSR count). The zero-order chi connectivity index (χ0) is 27.4. The van der Waals surface area contributed by atoms with E-state index in [2.05, 4.69) is 60.1 Å². The molecule has 0 unspecified atom stereocenters. The molecule has 0 heterocycles. The van der Waals surface area contributed by atoms with Crippen LogP contribution in [0, 0.1) is 46.3 Å². The summed E-state index contributed by atoms with van der Waals surface area (Å²) in [6.45, 7) is 22.0. The number of hydrogen-bond acceptors (Lipinski definition) is 4. The summed E-state index contributed by atoms with van der Waals surface area (Å²) in [4.78, 5) is 12.0. The molecule has 37 heavy (non-hydrogen) atoms. The summed E-state index contributed by atoms with van der Waals surface area (Å²) in [5, 5.41) is 0.